The predicted molar refractivity (Wildman–Crippen MR) is 92.2 cm³/mol. The molecule has 126 valence electrons. The van der Waals surface area contributed by atoms with E-state index in [1.54, 1.807) is 0 Å². The number of hydrogen-bond acceptors (Lipinski definition) is 3. The minimum atomic E-state index is -3.23. The zero-order valence-electron chi connectivity index (χ0n) is 14.2. The van der Waals surface area contributed by atoms with Gasteiger partial charge < -0.3 is 0 Å². The summed E-state index contributed by atoms with van der Waals surface area (Å²) in [5.41, 5.74) is 0.807. The second-order valence-corrected chi connectivity index (χ2v) is 7.61. The molecule has 0 rings (SSSR count). The molecule has 4 nitrogen and oxygen atoms in total. The second kappa shape index (κ2) is 13.1. The first-order valence-corrected chi connectivity index (χ1v) is 10.2. The third-order valence-electron chi connectivity index (χ3n) is 3.65. The lowest BCUT2D eigenvalue weighted by atomic mass is 10.1. The molecule has 0 aliphatic heterocycles. The Kier molecular flexibility index (Phi) is 12.7. The molecule has 0 aromatic rings. The van der Waals surface area contributed by atoms with Crippen LogP contribution in [-0.2, 0) is 10.0 Å². The Labute approximate surface area is 131 Å². The molecule has 0 spiro atoms. The van der Waals surface area contributed by atoms with Gasteiger partial charge in [-0.05, 0) is 19.8 Å². The van der Waals surface area contributed by atoms with Crippen LogP contribution in [0.4, 0.5) is 0 Å². The van der Waals surface area contributed by atoms with Crippen molar-refractivity contribution >= 4 is 15.7 Å². The smallest absolute Gasteiger partial charge is 0.205 e. The summed E-state index contributed by atoms with van der Waals surface area (Å²) in [5.74, 6) is 0.185. The summed E-state index contributed by atoms with van der Waals surface area (Å²) < 4.78 is 23.3. The van der Waals surface area contributed by atoms with E-state index >= 15 is 0 Å². The molecule has 0 saturated heterocycles. The Hall–Kier alpha value is -0.580. The van der Waals surface area contributed by atoms with Crippen LogP contribution in [-0.4, -0.2) is 19.9 Å². The number of sulfonamides is 1. The van der Waals surface area contributed by atoms with Gasteiger partial charge in [0.05, 0.1) is 5.75 Å². The van der Waals surface area contributed by atoms with E-state index in [-0.39, 0.29) is 5.75 Å². The zero-order valence-corrected chi connectivity index (χ0v) is 15.0. The monoisotopic (exact) mass is 318 g/mol. The number of unbranched alkanes of at least 4 members (excludes halogenated alkanes) is 9. The highest BCUT2D eigenvalue weighted by Crippen LogP contribution is 2.10. The van der Waals surface area contributed by atoms with E-state index in [1.165, 1.54) is 44.9 Å². The van der Waals surface area contributed by atoms with Crippen LogP contribution in [0.5, 0.6) is 0 Å². The normalized spacial score (nSPS) is 12.6. The largest absolute Gasteiger partial charge is 0.247 e. The molecule has 0 radical (unpaired) electrons. The molecule has 21 heavy (non-hydrogen) atoms. The lowest BCUT2D eigenvalue weighted by molar-refractivity contribution is 0.555. The van der Waals surface area contributed by atoms with Crippen LogP contribution in [0, 0.1) is 0 Å². The van der Waals surface area contributed by atoms with Crippen LogP contribution in [0.15, 0.2) is 5.10 Å². The number of nitrogens with one attached hydrogen (secondary N) is 1. The van der Waals surface area contributed by atoms with E-state index in [1.807, 2.05) is 13.8 Å². The minimum Gasteiger partial charge on any atom is -0.205 e. The molecule has 0 aromatic carbocycles. The lowest BCUT2D eigenvalue weighted by Gasteiger charge is -2.05. The zero-order chi connectivity index (χ0) is 16.0. The average Bonchev–Trinajstić information content (AvgIpc) is 2.46. The molecule has 0 aliphatic carbocycles. The van der Waals surface area contributed by atoms with Gasteiger partial charge in [-0.1, -0.05) is 71.6 Å². The van der Waals surface area contributed by atoms with Crippen molar-refractivity contribution < 1.29 is 8.42 Å². The molecule has 0 heterocycles. The van der Waals surface area contributed by atoms with Crippen molar-refractivity contribution in [2.45, 2.75) is 91.4 Å². The molecule has 0 unspecified atom stereocenters. The standard InChI is InChI=1S/C16H34N2O2S/c1-4-6-7-8-9-10-11-12-13-14-15-21(19,20)18-17-16(3)5-2/h18H,4-15H2,1-3H3. The number of nitrogens with zero attached hydrogens (tertiary/aromatic N) is 1. The van der Waals surface area contributed by atoms with Gasteiger partial charge in [-0.15, -0.1) is 0 Å². The van der Waals surface area contributed by atoms with Crippen molar-refractivity contribution in [2.75, 3.05) is 5.75 Å². The van der Waals surface area contributed by atoms with E-state index in [9.17, 15) is 8.42 Å². The Morgan fingerprint density at radius 3 is 1.81 bits per heavy atom. The van der Waals surface area contributed by atoms with Gasteiger partial charge >= 0.3 is 0 Å². The van der Waals surface area contributed by atoms with E-state index in [4.69, 9.17) is 0 Å². The quantitative estimate of drug-likeness (QED) is 0.289. The first kappa shape index (κ1) is 20.4. The molecule has 0 aliphatic rings. The first-order valence-electron chi connectivity index (χ1n) is 8.54. The Balaban J connectivity index is 3.49. The molecule has 5 heteroatoms. The highest BCUT2D eigenvalue weighted by molar-refractivity contribution is 7.89. The molecule has 0 aromatic heterocycles. The fourth-order valence-electron chi connectivity index (χ4n) is 2.05. The summed E-state index contributed by atoms with van der Waals surface area (Å²) in [4.78, 5) is 2.30. The second-order valence-electron chi connectivity index (χ2n) is 5.79. The highest BCUT2D eigenvalue weighted by Gasteiger charge is 2.07. The maximum absolute atomic E-state index is 11.7. The summed E-state index contributed by atoms with van der Waals surface area (Å²) in [6.45, 7) is 6.01. The summed E-state index contributed by atoms with van der Waals surface area (Å²) in [6, 6.07) is 0. The molecule has 0 fully saturated rings. The van der Waals surface area contributed by atoms with Crippen LogP contribution in [0.25, 0.3) is 0 Å². The maximum atomic E-state index is 11.7. The summed E-state index contributed by atoms with van der Waals surface area (Å²) in [5, 5.41) is 3.86. The van der Waals surface area contributed by atoms with Gasteiger partial charge in [-0.25, -0.2) is 13.2 Å². The SMILES string of the molecule is CCCCCCCCCCCCS(=O)(=O)NN=C(C)CC. The van der Waals surface area contributed by atoms with Gasteiger partial charge in [0, 0.05) is 5.71 Å². The molecule has 1 N–H and O–H groups in total. The van der Waals surface area contributed by atoms with Gasteiger partial charge in [0.25, 0.3) is 0 Å². The van der Waals surface area contributed by atoms with Crippen molar-refractivity contribution in [2.24, 2.45) is 5.10 Å². The van der Waals surface area contributed by atoms with Gasteiger partial charge in [-0.2, -0.15) is 5.10 Å². The summed E-state index contributed by atoms with van der Waals surface area (Å²) in [7, 11) is -3.23. The van der Waals surface area contributed by atoms with Crippen LogP contribution in [0.2, 0.25) is 0 Å². The van der Waals surface area contributed by atoms with E-state index in [0.29, 0.717) is 0 Å². The Morgan fingerprint density at radius 2 is 1.33 bits per heavy atom. The average molecular weight is 319 g/mol. The van der Waals surface area contributed by atoms with Crippen molar-refractivity contribution in [3.05, 3.63) is 0 Å². The topological polar surface area (TPSA) is 58.5 Å². The van der Waals surface area contributed by atoms with E-state index in [2.05, 4.69) is 16.9 Å². The van der Waals surface area contributed by atoms with Gasteiger partial charge in [-0.3, -0.25) is 0 Å². The third-order valence-corrected chi connectivity index (χ3v) is 4.85. The Bertz CT molecular complexity index is 364. The molecular formula is C16H34N2O2S. The Morgan fingerprint density at radius 1 is 0.857 bits per heavy atom. The first-order chi connectivity index (χ1) is 10.0. The van der Waals surface area contributed by atoms with E-state index in [0.717, 1.165) is 31.4 Å². The van der Waals surface area contributed by atoms with Crippen LogP contribution in [0.3, 0.4) is 0 Å². The number of hydrogen-bond donors (Lipinski definition) is 1. The van der Waals surface area contributed by atoms with Crippen molar-refractivity contribution in [3.63, 3.8) is 0 Å². The molecule has 0 amide bonds. The number of rotatable bonds is 14. The van der Waals surface area contributed by atoms with Crippen molar-refractivity contribution in [1.29, 1.82) is 0 Å². The lowest BCUT2D eigenvalue weighted by Crippen LogP contribution is -2.22. The van der Waals surface area contributed by atoms with Gasteiger partial charge in [0.2, 0.25) is 10.0 Å². The van der Waals surface area contributed by atoms with Crippen molar-refractivity contribution in [1.82, 2.24) is 4.83 Å². The fraction of sp³-hybridized carbons (Fsp3) is 0.938. The van der Waals surface area contributed by atoms with Crippen LogP contribution in [0.1, 0.15) is 91.4 Å². The molecule has 0 bridgehead atoms. The summed E-state index contributed by atoms with van der Waals surface area (Å²) in [6.07, 6.45) is 12.8. The number of hydrazone groups is 1. The van der Waals surface area contributed by atoms with Gasteiger partial charge in [0.15, 0.2) is 0 Å². The van der Waals surface area contributed by atoms with Gasteiger partial charge in [0.1, 0.15) is 0 Å². The molecule has 0 saturated carbocycles. The van der Waals surface area contributed by atoms with Crippen LogP contribution < -0.4 is 4.83 Å². The van der Waals surface area contributed by atoms with E-state index < -0.39 is 10.0 Å². The minimum absolute atomic E-state index is 0.185. The third kappa shape index (κ3) is 14.1. The van der Waals surface area contributed by atoms with Crippen LogP contribution >= 0.6 is 0 Å². The summed E-state index contributed by atoms with van der Waals surface area (Å²) >= 11 is 0. The fourth-order valence-corrected chi connectivity index (χ4v) is 3.02. The molecular weight excluding hydrogens is 284 g/mol. The van der Waals surface area contributed by atoms with Crippen molar-refractivity contribution in [3.8, 4) is 0 Å². The highest BCUT2D eigenvalue weighted by atomic mass is 32.2. The predicted octanol–water partition coefficient (Wildman–Crippen LogP) is 4.61. The maximum Gasteiger partial charge on any atom is 0.247 e. The molecule has 0 atom stereocenters.